The van der Waals surface area contributed by atoms with Gasteiger partial charge in [0.05, 0.1) is 13.5 Å². The second kappa shape index (κ2) is 8.14. The summed E-state index contributed by atoms with van der Waals surface area (Å²) in [7, 11) is 1.60. The quantitative estimate of drug-likeness (QED) is 0.563. The minimum atomic E-state index is -0.377. The largest absolute Gasteiger partial charge is 0.496 e. The van der Waals surface area contributed by atoms with E-state index in [4.69, 9.17) is 14.0 Å². The van der Waals surface area contributed by atoms with Crippen LogP contribution in [0.3, 0.4) is 0 Å². The lowest BCUT2D eigenvalue weighted by Crippen LogP contribution is -2.08. The second-order valence-electron chi connectivity index (χ2n) is 5.66. The molecule has 0 radical (unpaired) electrons. The highest BCUT2D eigenvalue weighted by atomic mass is 79.9. The van der Waals surface area contributed by atoms with Crippen molar-refractivity contribution < 1.29 is 18.8 Å². The second-order valence-corrected chi connectivity index (χ2v) is 6.58. The Kier molecular flexibility index (Phi) is 5.68. The summed E-state index contributed by atoms with van der Waals surface area (Å²) in [5.41, 5.74) is 2.64. The predicted octanol–water partition coefficient (Wildman–Crippen LogP) is 4.10. The van der Waals surface area contributed by atoms with E-state index in [2.05, 4.69) is 26.1 Å². The Morgan fingerprint density at radius 1 is 1.23 bits per heavy atom. The number of halogens is 1. The van der Waals surface area contributed by atoms with Gasteiger partial charge in [-0.3, -0.25) is 4.79 Å². The maximum Gasteiger partial charge on any atom is 0.310 e. The zero-order chi connectivity index (χ0) is 18.5. The minimum Gasteiger partial charge on any atom is -0.496 e. The normalized spacial score (nSPS) is 10.6. The van der Waals surface area contributed by atoms with E-state index in [9.17, 15) is 4.79 Å². The van der Waals surface area contributed by atoms with Crippen LogP contribution >= 0.6 is 15.9 Å². The van der Waals surface area contributed by atoms with Crippen LogP contribution in [0.2, 0.25) is 0 Å². The summed E-state index contributed by atoms with van der Waals surface area (Å²) in [5, 5.41) is 3.91. The first-order valence-electron chi connectivity index (χ1n) is 7.93. The third-order valence-electron chi connectivity index (χ3n) is 3.73. The molecular weight excluding hydrogens is 400 g/mol. The molecule has 0 N–H and O–H groups in total. The Balaban J connectivity index is 1.58. The molecule has 0 aliphatic carbocycles. The minimum absolute atomic E-state index is 0.0666. The topological polar surface area (TPSA) is 74.5 Å². The Morgan fingerprint density at radius 2 is 2.08 bits per heavy atom. The lowest BCUT2D eigenvalue weighted by atomic mass is 10.1. The molecule has 0 saturated carbocycles. The summed E-state index contributed by atoms with van der Waals surface area (Å²) in [5.74, 6) is 1.06. The van der Waals surface area contributed by atoms with Crippen LogP contribution in [-0.2, 0) is 22.6 Å². The summed E-state index contributed by atoms with van der Waals surface area (Å²) < 4.78 is 16.5. The number of aryl methyl sites for hydroxylation is 1. The van der Waals surface area contributed by atoms with Gasteiger partial charge in [-0.25, -0.2) is 0 Å². The Morgan fingerprint density at radius 3 is 2.85 bits per heavy atom. The Bertz CT molecular complexity index is 923. The molecule has 134 valence electrons. The molecule has 7 heteroatoms. The van der Waals surface area contributed by atoms with Gasteiger partial charge in [0.2, 0.25) is 5.82 Å². The van der Waals surface area contributed by atoms with E-state index in [1.165, 1.54) is 0 Å². The molecule has 0 amide bonds. The van der Waals surface area contributed by atoms with Crippen molar-refractivity contribution in [2.45, 2.75) is 20.0 Å². The van der Waals surface area contributed by atoms with E-state index < -0.39 is 0 Å². The van der Waals surface area contributed by atoms with Gasteiger partial charge in [-0.05, 0) is 36.2 Å². The maximum absolute atomic E-state index is 12.0. The Hall–Kier alpha value is -2.67. The molecule has 0 spiro atoms. The highest BCUT2D eigenvalue weighted by Gasteiger charge is 2.12. The average Bonchev–Trinajstić information content (AvgIpc) is 3.11. The average molecular weight is 417 g/mol. The number of esters is 1. The molecule has 1 aromatic heterocycles. The first kappa shape index (κ1) is 18.1. The lowest BCUT2D eigenvalue weighted by Gasteiger charge is -2.07. The van der Waals surface area contributed by atoms with Crippen molar-refractivity contribution in [3.63, 3.8) is 0 Å². The number of methoxy groups -OCH3 is 1. The van der Waals surface area contributed by atoms with E-state index in [1.54, 1.807) is 7.11 Å². The number of carbonyl (C=O) groups excluding carboxylic acids is 1. The zero-order valence-corrected chi connectivity index (χ0v) is 15.9. The van der Waals surface area contributed by atoms with Crippen LogP contribution in [-0.4, -0.2) is 23.2 Å². The van der Waals surface area contributed by atoms with Crippen LogP contribution in [0.25, 0.3) is 11.4 Å². The number of benzene rings is 2. The number of nitrogens with zero attached hydrogens (tertiary/aromatic N) is 2. The summed E-state index contributed by atoms with van der Waals surface area (Å²) >= 11 is 3.40. The van der Waals surface area contributed by atoms with Gasteiger partial charge in [-0.1, -0.05) is 45.4 Å². The first-order valence-corrected chi connectivity index (χ1v) is 8.72. The fraction of sp³-hybridized carbons (Fsp3) is 0.211. The van der Waals surface area contributed by atoms with Gasteiger partial charge >= 0.3 is 5.97 Å². The summed E-state index contributed by atoms with van der Waals surface area (Å²) in [6.45, 7) is 1.88. The first-order chi connectivity index (χ1) is 12.5. The number of hydrogen-bond donors (Lipinski definition) is 0. The molecule has 0 unspecified atom stereocenters. The number of carbonyl (C=O) groups is 1. The number of hydrogen-bond acceptors (Lipinski definition) is 6. The molecule has 2 aromatic carbocycles. The van der Waals surface area contributed by atoms with Gasteiger partial charge in [0, 0.05) is 10.0 Å². The molecule has 0 aliphatic rings. The van der Waals surface area contributed by atoms with Crippen molar-refractivity contribution in [1.82, 2.24) is 10.1 Å². The number of ether oxygens (including phenoxy) is 2. The van der Waals surface area contributed by atoms with Crippen molar-refractivity contribution in [2.24, 2.45) is 0 Å². The van der Waals surface area contributed by atoms with E-state index in [0.29, 0.717) is 5.82 Å². The molecule has 0 fully saturated rings. The monoisotopic (exact) mass is 416 g/mol. The molecule has 0 bridgehead atoms. The van der Waals surface area contributed by atoms with Crippen molar-refractivity contribution in [1.29, 1.82) is 0 Å². The lowest BCUT2D eigenvalue weighted by molar-refractivity contribution is -0.144. The summed E-state index contributed by atoms with van der Waals surface area (Å²) in [6, 6.07) is 13.1. The highest BCUT2D eigenvalue weighted by Crippen LogP contribution is 2.21. The molecule has 3 rings (SSSR count). The van der Waals surface area contributed by atoms with Gasteiger partial charge in [0.25, 0.3) is 5.89 Å². The zero-order valence-electron chi connectivity index (χ0n) is 14.4. The third kappa shape index (κ3) is 4.49. The van der Waals surface area contributed by atoms with Gasteiger partial charge in [-0.2, -0.15) is 4.98 Å². The van der Waals surface area contributed by atoms with Crippen LogP contribution in [0.5, 0.6) is 5.75 Å². The molecular formula is C19H17BrN2O4. The van der Waals surface area contributed by atoms with E-state index in [-0.39, 0.29) is 24.9 Å². The fourth-order valence-electron chi connectivity index (χ4n) is 2.39. The molecule has 0 atom stereocenters. The van der Waals surface area contributed by atoms with Crippen LogP contribution in [0, 0.1) is 6.92 Å². The van der Waals surface area contributed by atoms with Gasteiger partial charge in [0.15, 0.2) is 6.61 Å². The molecule has 6 nitrogen and oxygen atoms in total. The molecule has 3 aromatic rings. The smallest absolute Gasteiger partial charge is 0.310 e. The van der Waals surface area contributed by atoms with Gasteiger partial charge in [0.1, 0.15) is 5.75 Å². The molecule has 1 heterocycles. The number of rotatable bonds is 6. The van der Waals surface area contributed by atoms with Crippen LogP contribution < -0.4 is 4.74 Å². The van der Waals surface area contributed by atoms with Crippen molar-refractivity contribution >= 4 is 21.9 Å². The summed E-state index contributed by atoms with van der Waals surface area (Å²) in [4.78, 5) is 16.3. The van der Waals surface area contributed by atoms with Crippen molar-refractivity contribution in [3.8, 4) is 17.1 Å². The molecule has 0 aliphatic heterocycles. The fourth-order valence-corrected chi connectivity index (χ4v) is 2.79. The summed E-state index contributed by atoms with van der Waals surface area (Å²) in [6.07, 6.45) is 0.142. The highest BCUT2D eigenvalue weighted by molar-refractivity contribution is 9.10. The molecule has 0 saturated heterocycles. The molecule has 26 heavy (non-hydrogen) atoms. The number of aromatic nitrogens is 2. The van der Waals surface area contributed by atoms with Gasteiger partial charge in [-0.15, -0.1) is 0 Å². The van der Waals surface area contributed by atoms with E-state index in [0.717, 1.165) is 26.9 Å². The van der Waals surface area contributed by atoms with Crippen LogP contribution in [0.1, 0.15) is 17.0 Å². The van der Waals surface area contributed by atoms with Crippen LogP contribution in [0.15, 0.2) is 51.5 Å². The van der Waals surface area contributed by atoms with E-state index in [1.807, 2.05) is 49.4 Å². The van der Waals surface area contributed by atoms with Crippen LogP contribution in [0.4, 0.5) is 0 Å². The van der Waals surface area contributed by atoms with Crippen molar-refractivity contribution in [3.05, 3.63) is 64.0 Å². The Labute approximate surface area is 159 Å². The maximum atomic E-state index is 12.0. The third-order valence-corrected chi connectivity index (χ3v) is 4.22. The SMILES string of the molecule is COc1cc(CC(=O)OCc2nc(-c3cccc(Br)c3)no2)ccc1C. The predicted molar refractivity (Wildman–Crippen MR) is 98.7 cm³/mol. The standard InChI is InChI=1S/C19H17BrN2O4/c1-12-6-7-13(8-16(12)24-2)9-18(23)25-11-17-21-19(22-26-17)14-4-3-5-15(20)10-14/h3-8,10H,9,11H2,1-2H3. The van der Waals surface area contributed by atoms with E-state index >= 15 is 0 Å². The van der Waals surface area contributed by atoms with Crippen molar-refractivity contribution in [2.75, 3.05) is 7.11 Å². The van der Waals surface area contributed by atoms with Gasteiger partial charge < -0.3 is 14.0 Å².